The van der Waals surface area contributed by atoms with Gasteiger partial charge in [0.05, 0.1) is 11.5 Å². The van der Waals surface area contributed by atoms with E-state index in [-0.39, 0.29) is 24.3 Å². The molecule has 10 heteroatoms. The molecule has 0 aliphatic rings. The van der Waals surface area contributed by atoms with Gasteiger partial charge >= 0.3 is 0 Å². The molecule has 28 heavy (non-hydrogen) atoms. The average Bonchev–Trinajstić information content (AvgIpc) is 2.70. The molecule has 0 bridgehead atoms. The molecule has 0 aliphatic carbocycles. The van der Waals surface area contributed by atoms with Crippen molar-refractivity contribution >= 4 is 29.1 Å². The largest absolute Gasteiger partial charge is 0.350 e. The first-order valence-corrected chi connectivity index (χ1v) is 8.16. The summed E-state index contributed by atoms with van der Waals surface area (Å²) >= 11 is 0. The Morgan fingerprint density at radius 1 is 0.929 bits per heavy atom. The van der Waals surface area contributed by atoms with Crippen molar-refractivity contribution in [2.75, 3.05) is 18.5 Å². The number of anilines is 1. The Bertz CT molecular complexity index is 882. The first-order chi connectivity index (χ1) is 13.4. The second kappa shape index (κ2) is 9.78. The Labute approximate surface area is 159 Å². The lowest BCUT2D eigenvalue weighted by molar-refractivity contribution is -0.384. The average molecular weight is 385 g/mol. The molecule has 0 saturated heterocycles. The van der Waals surface area contributed by atoms with Crippen LogP contribution in [0.15, 0.2) is 48.5 Å². The van der Waals surface area contributed by atoms with E-state index in [1.165, 1.54) is 30.3 Å². The van der Waals surface area contributed by atoms with Crippen LogP contribution in [0, 0.1) is 10.1 Å². The Morgan fingerprint density at radius 3 is 2.25 bits per heavy atom. The summed E-state index contributed by atoms with van der Waals surface area (Å²) < 4.78 is 0. The number of amides is 3. The van der Waals surface area contributed by atoms with Gasteiger partial charge in [0.2, 0.25) is 11.8 Å². The standard InChI is InChI=1S/C18H17N4O6/c23-11-17(25)19-9-12-3-1-2-4-15(12)18(26)20-10-16(24)21-13-5-7-14(8-6-13)22(27)28/h1-8H,9-11H2,(H,19,25)(H,20,26)(H,21,24). The first-order valence-electron chi connectivity index (χ1n) is 8.16. The fourth-order valence-electron chi connectivity index (χ4n) is 2.27. The summed E-state index contributed by atoms with van der Waals surface area (Å²) in [6, 6.07) is 11.7. The van der Waals surface area contributed by atoms with Crippen molar-refractivity contribution in [1.82, 2.24) is 10.6 Å². The van der Waals surface area contributed by atoms with E-state index in [0.717, 1.165) is 0 Å². The smallest absolute Gasteiger partial charge is 0.269 e. The molecule has 0 saturated carbocycles. The summed E-state index contributed by atoms with van der Waals surface area (Å²) in [5.74, 6) is -1.72. The maximum absolute atomic E-state index is 12.3. The van der Waals surface area contributed by atoms with E-state index in [0.29, 0.717) is 11.3 Å². The molecule has 0 atom stereocenters. The molecular weight excluding hydrogens is 368 g/mol. The van der Waals surface area contributed by atoms with E-state index in [1.807, 2.05) is 0 Å². The van der Waals surface area contributed by atoms with Crippen molar-refractivity contribution in [2.24, 2.45) is 0 Å². The van der Waals surface area contributed by atoms with Crippen LogP contribution in [0.1, 0.15) is 15.9 Å². The number of carbonyl (C=O) groups excluding carboxylic acids is 3. The number of carbonyl (C=O) groups is 3. The Hall–Kier alpha value is -3.79. The third-order valence-corrected chi connectivity index (χ3v) is 3.64. The number of hydrogen-bond donors (Lipinski definition) is 3. The summed E-state index contributed by atoms with van der Waals surface area (Å²) in [6.45, 7) is -1.21. The van der Waals surface area contributed by atoms with Gasteiger partial charge in [-0.05, 0) is 23.8 Å². The minimum absolute atomic E-state index is 0.0135. The van der Waals surface area contributed by atoms with Crippen molar-refractivity contribution in [3.63, 3.8) is 0 Å². The molecule has 145 valence electrons. The lowest BCUT2D eigenvalue weighted by Crippen LogP contribution is -2.34. The van der Waals surface area contributed by atoms with Crippen LogP contribution in [0.3, 0.4) is 0 Å². The summed E-state index contributed by atoms with van der Waals surface area (Å²) in [6.07, 6.45) is 0. The molecule has 0 unspecified atom stereocenters. The topological polar surface area (TPSA) is 150 Å². The second-order valence-corrected chi connectivity index (χ2v) is 5.61. The third-order valence-electron chi connectivity index (χ3n) is 3.64. The molecule has 3 N–H and O–H groups in total. The summed E-state index contributed by atoms with van der Waals surface area (Å²) in [5, 5.41) is 28.4. The Morgan fingerprint density at radius 2 is 1.61 bits per heavy atom. The van der Waals surface area contributed by atoms with Gasteiger partial charge in [-0.2, -0.15) is 0 Å². The van der Waals surface area contributed by atoms with Crippen molar-refractivity contribution in [1.29, 1.82) is 0 Å². The van der Waals surface area contributed by atoms with Gasteiger partial charge < -0.3 is 16.0 Å². The number of nitrogens with one attached hydrogen (secondary N) is 3. The molecule has 2 aromatic carbocycles. The first kappa shape index (κ1) is 20.5. The highest BCUT2D eigenvalue weighted by Gasteiger charge is 2.13. The van der Waals surface area contributed by atoms with Gasteiger partial charge in [0.25, 0.3) is 11.6 Å². The van der Waals surface area contributed by atoms with Crippen LogP contribution >= 0.6 is 0 Å². The van der Waals surface area contributed by atoms with Gasteiger partial charge in [-0.25, -0.2) is 5.11 Å². The summed E-state index contributed by atoms with van der Waals surface area (Å²) in [7, 11) is 0. The van der Waals surface area contributed by atoms with E-state index in [1.54, 1.807) is 18.2 Å². The number of non-ortho nitro benzene ring substituents is 1. The fraction of sp³-hybridized carbons (Fsp3) is 0.167. The van der Waals surface area contributed by atoms with Crippen molar-refractivity contribution in [3.05, 3.63) is 69.8 Å². The molecule has 1 radical (unpaired) electrons. The van der Waals surface area contributed by atoms with Crippen LogP contribution in [-0.4, -0.2) is 35.8 Å². The lowest BCUT2D eigenvalue weighted by Gasteiger charge is -2.11. The molecule has 0 aromatic heterocycles. The van der Waals surface area contributed by atoms with Crippen molar-refractivity contribution < 1.29 is 24.4 Å². The number of rotatable bonds is 8. The van der Waals surface area contributed by atoms with Crippen LogP contribution in [0.5, 0.6) is 0 Å². The van der Waals surface area contributed by atoms with Gasteiger partial charge in [-0.15, -0.1) is 0 Å². The Balaban J connectivity index is 1.91. The molecule has 3 amide bonds. The van der Waals surface area contributed by atoms with E-state index in [2.05, 4.69) is 16.0 Å². The minimum atomic E-state index is -0.906. The number of nitro benzene ring substituents is 1. The molecule has 0 heterocycles. The van der Waals surface area contributed by atoms with E-state index in [9.17, 15) is 29.6 Å². The lowest BCUT2D eigenvalue weighted by atomic mass is 10.1. The SMILES string of the molecule is [O]CC(=O)NCc1ccccc1C(=O)NCC(=O)Nc1ccc([N+](=O)[O-])cc1. The summed E-state index contributed by atoms with van der Waals surface area (Å²) in [5.41, 5.74) is 1.01. The van der Waals surface area contributed by atoms with Crippen LogP contribution in [0.4, 0.5) is 11.4 Å². The zero-order chi connectivity index (χ0) is 20.5. The maximum Gasteiger partial charge on any atom is 0.269 e. The van der Waals surface area contributed by atoms with Gasteiger partial charge in [0.1, 0.15) is 0 Å². The highest BCUT2D eigenvalue weighted by molar-refractivity contribution is 6.00. The monoisotopic (exact) mass is 385 g/mol. The van der Waals surface area contributed by atoms with E-state index >= 15 is 0 Å². The number of nitro groups is 1. The molecule has 0 spiro atoms. The second-order valence-electron chi connectivity index (χ2n) is 5.61. The van der Waals surface area contributed by atoms with E-state index in [4.69, 9.17) is 0 Å². The molecule has 10 nitrogen and oxygen atoms in total. The molecule has 0 aliphatic heterocycles. The maximum atomic E-state index is 12.3. The van der Waals surface area contributed by atoms with Crippen molar-refractivity contribution in [3.8, 4) is 0 Å². The van der Waals surface area contributed by atoms with Gasteiger partial charge in [-0.3, -0.25) is 24.5 Å². The van der Waals surface area contributed by atoms with Gasteiger partial charge in [0, 0.05) is 29.9 Å². The summed E-state index contributed by atoms with van der Waals surface area (Å²) in [4.78, 5) is 45.4. The zero-order valence-electron chi connectivity index (χ0n) is 14.6. The highest BCUT2D eigenvalue weighted by atomic mass is 16.6. The minimum Gasteiger partial charge on any atom is -0.350 e. The number of nitrogens with zero attached hydrogens (tertiary/aromatic N) is 1. The highest BCUT2D eigenvalue weighted by Crippen LogP contribution is 2.15. The van der Waals surface area contributed by atoms with Gasteiger partial charge in [0.15, 0.2) is 6.61 Å². The van der Waals surface area contributed by atoms with Gasteiger partial charge in [-0.1, -0.05) is 18.2 Å². The zero-order valence-corrected chi connectivity index (χ0v) is 14.6. The molecule has 2 aromatic rings. The number of hydrogen-bond acceptors (Lipinski definition) is 5. The molecule has 2 rings (SSSR count). The molecular formula is C18H17N4O6. The van der Waals surface area contributed by atoms with E-state index < -0.39 is 29.3 Å². The third kappa shape index (κ3) is 5.88. The van der Waals surface area contributed by atoms with Crippen LogP contribution in [0.25, 0.3) is 0 Å². The predicted molar refractivity (Wildman–Crippen MR) is 97.9 cm³/mol. The quantitative estimate of drug-likeness (QED) is 0.458. The fourth-order valence-corrected chi connectivity index (χ4v) is 2.27. The Kier molecular flexibility index (Phi) is 7.17. The number of benzene rings is 2. The normalized spacial score (nSPS) is 10.0. The molecule has 0 fully saturated rings. The van der Waals surface area contributed by atoms with Crippen LogP contribution in [0.2, 0.25) is 0 Å². The van der Waals surface area contributed by atoms with Crippen molar-refractivity contribution in [2.45, 2.75) is 6.54 Å². The predicted octanol–water partition coefficient (Wildman–Crippen LogP) is 1.01. The van der Waals surface area contributed by atoms with Crippen LogP contribution in [-0.2, 0) is 21.2 Å². The van der Waals surface area contributed by atoms with Crippen LogP contribution < -0.4 is 16.0 Å².